The molecule has 13 heteroatoms. The Balaban J connectivity index is 2.47. The number of nitrogens with zero attached hydrogens (tertiary/aromatic N) is 1. The van der Waals surface area contributed by atoms with Crippen LogP contribution >= 0.6 is 15.9 Å². The largest absolute Gasteiger partial charge is 0.490 e. The van der Waals surface area contributed by atoms with E-state index in [1.165, 1.54) is 32.9 Å². The number of amides is 1. The predicted molar refractivity (Wildman–Crippen MR) is 120 cm³/mol. The molecule has 35 heavy (non-hydrogen) atoms. The lowest BCUT2D eigenvalue weighted by molar-refractivity contribution is -0.141. The number of halogens is 7. The molecule has 0 saturated heterocycles. The molecule has 1 N–H and O–H groups in total. The first-order valence-corrected chi connectivity index (χ1v) is 11.2. The molecule has 0 aliphatic rings. The van der Waals surface area contributed by atoms with Gasteiger partial charge in [-0.05, 0) is 62.7 Å². The topological polar surface area (TPSA) is 69.7 Å². The van der Waals surface area contributed by atoms with Gasteiger partial charge in [-0.25, -0.2) is 9.78 Å². The number of carbonyl (C=O) groups excluding carboxylic acids is 1. The summed E-state index contributed by atoms with van der Waals surface area (Å²) in [7, 11) is 0. The molecule has 2 aromatic rings. The van der Waals surface area contributed by atoms with Crippen molar-refractivity contribution in [3.8, 4) is 11.6 Å². The van der Waals surface area contributed by atoms with Crippen LogP contribution in [0.25, 0.3) is 10.9 Å². The maximum absolute atomic E-state index is 13.9. The minimum absolute atomic E-state index is 0.0536. The number of rotatable bonds is 7. The highest BCUT2D eigenvalue weighted by molar-refractivity contribution is 9.10. The first-order valence-electron chi connectivity index (χ1n) is 10.4. The highest BCUT2D eigenvalue weighted by Crippen LogP contribution is 2.43. The number of fused-ring (bicyclic) bond motifs is 1. The molecular weight excluding hydrogens is 550 g/mol. The maximum atomic E-state index is 13.9. The smallest absolute Gasteiger partial charge is 0.417 e. The minimum atomic E-state index is -4.85. The van der Waals surface area contributed by atoms with E-state index in [1.54, 1.807) is 13.8 Å². The first kappa shape index (κ1) is 28.8. The van der Waals surface area contributed by atoms with Crippen molar-refractivity contribution in [2.75, 3.05) is 6.61 Å². The van der Waals surface area contributed by atoms with E-state index in [0.29, 0.717) is 6.07 Å². The van der Waals surface area contributed by atoms with Crippen molar-refractivity contribution in [3.63, 3.8) is 0 Å². The number of alkyl halides is 6. The zero-order chi connectivity index (χ0) is 26.8. The van der Waals surface area contributed by atoms with Crippen molar-refractivity contribution in [2.45, 2.75) is 71.1 Å². The molecule has 0 radical (unpaired) electrons. The Morgan fingerprint density at radius 2 is 1.74 bits per heavy atom. The van der Waals surface area contributed by atoms with E-state index in [2.05, 4.69) is 26.2 Å². The number of benzene rings is 1. The van der Waals surface area contributed by atoms with Crippen LogP contribution in [0.3, 0.4) is 0 Å². The maximum Gasteiger partial charge on any atom is 0.417 e. The number of alkyl carbamates (subject to hydrolysis) is 1. The average molecular weight is 575 g/mol. The number of ether oxygens (including phenoxy) is 3. The lowest BCUT2D eigenvalue weighted by Crippen LogP contribution is -2.44. The van der Waals surface area contributed by atoms with Gasteiger partial charge < -0.3 is 19.5 Å². The van der Waals surface area contributed by atoms with E-state index < -0.39 is 60.2 Å². The standard InChI is InChI=1S/C22H25BrF6N2O4/c1-11(2)34-16-8-13(22(27,28)29)17-15(31-16)7-6-14(23)18(17)33-10-12(9-21(24,25)26)30-19(32)35-20(3,4)5/h6-8,11-12H,9-10H2,1-5H3,(H,30,32). The summed E-state index contributed by atoms with van der Waals surface area (Å²) in [6.45, 7) is 7.02. The lowest BCUT2D eigenvalue weighted by Gasteiger charge is -2.25. The molecule has 0 bridgehead atoms. The second-order valence-corrected chi connectivity index (χ2v) is 9.77. The third-order valence-corrected chi connectivity index (χ3v) is 4.77. The van der Waals surface area contributed by atoms with Crippen LogP contribution in [0.1, 0.15) is 46.6 Å². The number of pyridine rings is 1. The van der Waals surface area contributed by atoms with E-state index in [-0.39, 0.29) is 21.6 Å². The Hall–Kier alpha value is -2.44. The molecule has 2 rings (SSSR count). The molecular formula is C22H25BrF6N2O4. The monoisotopic (exact) mass is 574 g/mol. The van der Waals surface area contributed by atoms with E-state index in [0.717, 1.165) is 0 Å². The Labute approximate surface area is 206 Å². The summed E-state index contributed by atoms with van der Waals surface area (Å²) in [5, 5.41) is 1.60. The SMILES string of the molecule is CC(C)Oc1cc(C(F)(F)F)c2c(OCC(CC(F)(F)F)NC(=O)OC(C)(C)C)c(Br)ccc2n1. The number of hydrogen-bond donors (Lipinski definition) is 1. The Kier molecular flexibility index (Phi) is 8.78. The highest BCUT2D eigenvalue weighted by atomic mass is 79.9. The van der Waals surface area contributed by atoms with Gasteiger partial charge in [0, 0.05) is 6.07 Å². The van der Waals surface area contributed by atoms with Crippen molar-refractivity contribution in [2.24, 2.45) is 0 Å². The van der Waals surface area contributed by atoms with Crippen LogP contribution in [0.2, 0.25) is 0 Å². The third-order valence-electron chi connectivity index (χ3n) is 4.14. The summed E-state index contributed by atoms with van der Waals surface area (Å²) >= 11 is 3.09. The van der Waals surface area contributed by atoms with Crippen LogP contribution in [0.15, 0.2) is 22.7 Å². The molecule has 0 saturated carbocycles. The third kappa shape index (κ3) is 8.93. The molecule has 0 fully saturated rings. The van der Waals surface area contributed by atoms with Gasteiger partial charge in [-0.2, -0.15) is 26.3 Å². The fraction of sp³-hybridized carbons (Fsp3) is 0.545. The molecule has 196 valence electrons. The van der Waals surface area contributed by atoms with Crippen LogP contribution in [-0.2, 0) is 10.9 Å². The van der Waals surface area contributed by atoms with Crippen molar-refractivity contribution < 1.29 is 45.3 Å². The van der Waals surface area contributed by atoms with Crippen molar-refractivity contribution in [1.82, 2.24) is 10.3 Å². The number of hydrogen-bond acceptors (Lipinski definition) is 5. The van der Waals surface area contributed by atoms with E-state index >= 15 is 0 Å². The second kappa shape index (κ2) is 10.7. The quantitative estimate of drug-likeness (QED) is 0.359. The number of aromatic nitrogens is 1. The van der Waals surface area contributed by atoms with Gasteiger partial charge in [-0.1, -0.05) is 0 Å². The summed E-state index contributed by atoms with van der Waals surface area (Å²) in [5.41, 5.74) is -2.25. The molecule has 1 unspecified atom stereocenters. The van der Waals surface area contributed by atoms with Gasteiger partial charge in [0.25, 0.3) is 0 Å². The highest BCUT2D eigenvalue weighted by Gasteiger charge is 2.37. The van der Waals surface area contributed by atoms with Crippen LogP contribution in [0, 0.1) is 0 Å². The van der Waals surface area contributed by atoms with E-state index in [1.807, 2.05) is 0 Å². The zero-order valence-electron chi connectivity index (χ0n) is 19.5. The van der Waals surface area contributed by atoms with Crippen molar-refractivity contribution >= 4 is 32.9 Å². The summed E-state index contributed by atoms with van der Waals surface area (Å²) in [6.07, 6.45) is -12.6. The Morgan fingerprint density at radius 1 is 1.11 bits per heavy atom. The fourth-order valence-electron chi connectivity index (χ4n) is 3.00. The summed E-state index contributed by atoms with van der Waals surface area (Å²) in [5.74, 6) is -0.647. The first-order chi connectivity index (χ1) is 15.9. The predicted octanol–water partition coefficient (Wildman–Crippen LogP) is 7.03. The van der Waals surface area contributed by atoms with Gasteiger partial charge in [0.1, 0.15) is 18.0 Å². The molecule has 0 spiro atoms. The number of nitrogens with one attached hydrogen (secondary N) is 1. The van der Waals surface area contributed by atoms with Gasteiger partial charge in [0.2, 0.25) is 5.88 Å². The van der Waals surface area contributed by atoms with Gasteiger partial charge in [-0.15, -0.1) is 0 Å². The normalized spacial score (nSPS) is 13.6. The Bertz CT molecular complexity index is 1050. The lowest BCUT2D eigenvalue weighted by atomic mass is 10.1. The van der Waals surface area contributed by atoms with Crippen LogP contribution < -0.4 is 14.8 Å². The zero-order valence-corrected chi connectivity index (χ0v) is 21.1. The molecule has 0 aliphatic heterocycles. The Morgan fingerprint density at radius 3 is 2.26 bits per heavy atom. The molecule has 0 aliphatic carbocycles. The van der Waals surface area contributed by atoms with Crippen LogP contribution in [-0.4, -0.2) is 41.6 Å². The van der Waals surface area contributed by atoms with Gasteiger partial charge in [-0.3, -0.25) is 0 Å². The second-order valence-electron chi connectivity index (χ2n) is 8.92. The summed E-state index contributed by atoms with van der Waals surface area (Å²) < 4.78 is 96.8. The molecule has 1 aromatic carbocycles. The van der Waals surface area contributed by atoms with E-state index in [9.17, 15) is 31.1 Å². The van der Waals surface area contributed by atoms with Crippen molar-refractivity contribution in [1.29, 1.82) is 0 Å². The molecule has 1 aromatic heterocycles. The van der Waals surface area contributed by atoms with Crippen molar-refractivity contribution in [3.05, 3.63) is 28.2 Å². The summed E-state index contributed by atoms with van der Waals surface area (Å²) in [6, 6.07) is 1.71. The van der Waals surface area contributed by atoms with Crippen LogP contribution in [0.5, 0.6) is 11.6 Å². The molecule has 6 nitrogen and oxygen atoms in total. The van der Waals surface area contributed by atoms with E-state index in [4.69, 9.17) is 14.2 Å². The van der Waals surface area contributed by atoms with Gasteiger partial charge in [0.15, 0.2) is 0 Å². The summed E-state index contributed by atoms with van der Waals surface area (Å²) in [4.78, 5) is 16.1. The fourth-order valence-corrected chi connectivity index (χ4v) is 3.45. The molecule has 1 atom stereocenters. The average Bonchev–Trinajstić information content (AvgIpc) is 2.62. The number of carbonyl (C=O) groups is 1. The van der Waals surface area contributed by atoms with Gasteiger partial charge in [0.05, 0.1) is 39.5 Å². The van der Waals surface area contributed by atoms with Crippen LogP contribution in [0.4, 0.5) is 31.1 Å². The minimum Gasteiger partial charge on any atom is -0.490 e. The van der Waals surface area contributed by atoms with Gasteiger partial charge >= 0.3 is 18.4 Å². The molecule has 1 amide bonds. The molecule has 1 heterocycles.